The summed E-state index contributed by atoms with van der Waals surface area (Å²) in [5, 5.41) is 20.9. The van der Waals surface area contributed by atoms with Gasteiger partial charge in [-0.25, -0.2) is 0 Å². The summed E-state index contributed by atoms with van der Waals surface area (Å²) in [6.45, 7) is 4.59. The van der Waals surface area contributed by atoms with Crippen LogP contribution in [0.25, 0.3) is 0 Å². The standard InChI is InChI=1S/C18H18N2O2/c1-13(2)14-7-9-16(10-8-14)22-12-15-5-3-4-6-17(15)18(11-19)20-21/h3-10,13,21H,12H2,1-2H3/b20-18-. The van der Waals surface area contributed by atoms with Crippen molar-refractivity contribution in [3.63, 3.8) is 0 Å². The van der Waals surface area contributed by atoms with E-state index in [1.54, 1.807) is 12.1 Å². The van der Waals surface area contributed by atoms with E-state index in [0.717, 1.165) is 11.3 Å². The van der Waals surface area contributed by atoms with Gasteiger partial charge in [-0.3, -0.25) is 0 Å². The van der Waals surface area contributed by atoms with E-state index in [1.165, 1.54) is 5.56 Å². The molecule has 4 nitrogen and oxygen atoms in total. The molecular weight excluding hydrogens is 276 g/mol. The van der Waals surface area contributed by atoms with Crippen LogP contribution in [0.2, 0.25) is 0 Å². The van der Waals surface area contributed by atoms with Crippen LogP contribution in [0.1, 0.15) is 36.5 Å². The molecule has 0 aliphatic heterocycles. The SMILES string of the molecule is CC(C)c1ccc(OCc2ccccc2/C(C#N)=N\O)cc1. The highest BCUT2D eigenvalue weighted by molar-refractivity contribution is 6.12. The molecule has 0 aliphatic rings. The summed E-state index contributed by atoms with van der Waals surface area (Å²) in [7, 11) is 0. The van der Waals surface area contributed by atoms with Gasteiger partial charge in [-0.1, -0.05) is 55.4 Å². The molecule has 0 saturated carbocycles. The zero-order valence-corrected chi connectivity index (χ0v) is 12.7. The molecule has 2 aromatic carbocycles. The lowest BCUT2D eigenvalue weighted by molar-refractivity contribution is 0.305. The first-order valence-corrected chi connectivity index (χ1v) is 7.09. The Bertz CT molecular complexity index is 698. The van der Waals surface area contributed by atoms with Crippen LogP contribution in [-0.2, 0) is 6.61 Å². The summed E-state index contributed by atoms with van der Waals surface area (Å²) >= 11 is 0. The number of rotatable bonds is 5. The summed E-state index contributed by atoms with van der Waals surface area (Å²) in [6.07, 6.45) is 0. The normalized spacial score (nSPS) is 11.3. The summed E-state index contributed by atoms with van der Waals surface area (Å²) in [4.78, 5) is 0. The summed E-state index contributed by atoms with van der Waals surface area (Å²) < 4.78 is 5.76. The highest BCUT2D eigenvalue weighted by Crippen LogP contribution is 2.20. The van der Waals surface area contributed by atoms with Crippen LogP contribution in [0.3, 0.4) is 0 Å². The minimum absolute atomic E-state index is 0.0191. The van der Waals surface area contributed by atoms with Crippen LogP contribution in [0.4, 0.5) is 0 Å². The van der Waals surface area contributed by atoms with E-state index < -0.39 is 0 Å². The maximum absolute atomic E-state index is 8.99. The van der Waals surface area contributed by atoms with Crippen molar-refractivity contribution >= 4 is 5.71 Å². The summed E-state index contributed by atoms with van der Waals surface area (Å²) in [6, 6.07) is 17.1. The third-order valence-corrected chi connectivity index (χ3v) is 3.42. The van der Waals surface area contributed by atoms with Crippen molar-refractivity contribution < 1.29 is 9.94 Å². The fourth-order valence-corrected chi connectivity index (χ4v) is 2.12. The Morgan fingerprint density at radius 2 is 1.86 bits per heavy atom. The molecular formula is C18H18N2O2. The van der Waals surface area contributed by atoms with Crippen molar-refractivity contribution in [2.75, 3.05) is 0 Å². The molecule has 0 radical (unpaired) electrons. The Morgan fingerprint density at radius 3 is 2.45 bits per heavy atom. The third kappa shape index (κ3) is 3.64. The molecule has 0 fully saturated rings. The van der Waals surface area contributed by atoms with E-state index in [1.807, 2.05) is 42.5 Å². The topological polar surface area (TPSA) is 65.6 Å². The van der Waals surface area contributed by atoms with Crippen molar-refractivity contribution in [3.8, 4) is 11.8 Å². The largest absolute Gasteiger partial charge is 0.489 e. The van der Waals surface area contributed by atoms with E-state index in [4.69, 9.17) is 15.2 Å². The van der Waals surface area contributed by atoms with Gasteiger partial charge in [0.05, 0.1) is 0 Å². The molecule has 1 N–H and O–H groups in total. The molecule has 0 spiro atoms. The Balaban J connectivity index is 2.14. The molecule has 0 aromatic heterocycles. The van der Waals surface area contributed by atoms with Gasteiger partial charge in [0.1, 0.15) is 18.4 Å². The van der Waals surface area contributed by atoms with Crippen LogP contribution in [-0.4, -0.2) is 10.9 Å². The van der Waals surface area contributed by atoms with Crippen LogP contribution in [0, 0.1) is 11.3 Å². The fraction of sp³-hybridized carbons (Fsp3) is 0.222. The molecule has 22 heavy (non-hydrogen) atoms. The fourth-order valence-electron chi connectivity index (χ4n) is 2.12. The van der Waals surface area contributed by atoms with Crippen molar-refractivity contribution in [1.82, 2.24) is 0 Å². The lowest BCUT2D eigenvalue weighted by atomic mass is 10.0. The van der Waals surface area contributed by atoms with E-state index in [0.29, 0.717) is 18.1 Å². The monoisotopic (exact) mass is 294 g/mol. The molecule has 0 aliphatic carbocycles. The number of hydrogen-bond acceptors (Lipinski definition) is 4. The van der Waals surface area contributed by atoms with Gasteiger partial charge in [0.2, 0.25) is 0 Å². The molecule has 0 amide bonds. The highest BCUT2D eigenvalue weighted by atomic mass is 16.5. The number of nitrogens with zero attached hydrogens (tertiary/aromatic N) is 2. The van der Waals surface area contributed by atoms with Crippen LogP contribution in [0.15, 0.2) is 53.7 Å². The van der Waals surface area contributed by atoms with E-state index in [9.17, 15) is 0 Å². The average molecular weight is 294 g/mol. The van der Waals surface area contributed by atoms with Gasteiger partial charge in [0.25, 0.3) is 0 Å². The van der Waals surface area contributed by atoms with Crippen molar-refractivity contribution in [3.05, 3.63) is 65.2 Å². The minimum atomic E-state index is -0.0191. The maximum Gasteiger partial charge on any atom is 0.187 e. The second kappa shape index (κ2) is 7.28. The van der Waals surface area contributed by atoms with E-state index >= 15 is 0 Å². The molecule has 0 heterocycles. The van der Waals surface area contributed by atoms with Crippen LogP contribution >= 0.6 is 0 Å². The van der Waals surface area contributed by atoms with Crippen LogP contribution < -0.4 is 4.74 Å². The first kappa shape index (κ1) is 15.6. The first-order valence-electron chi connectivity index (χ1n) is 7.09. The van der Waals surface area contributed by atoms with Gasteiger partial charge < -0.3 is 9.94 Å². The summed E-state index contributed by atoms with van der Waals surface area (Å²) in [5.41, 5.74) is 2.61. The second-order valence-electron chi connectivity index (χ2n) is 5.23. The molecule has 0 atom stereocenters. The van der Waals surface area contributed by atoms with Crippen molar-refractivity contribution in [1.29, 1.82) is 5.26 Å². The maximum atomic E-state index is 8.99. The molecule has 0 unspecified atom stereocenters. The number of nitriles is 1. The Morgan fingerprint density at radius 1 is 1.18 bits per heavy atom. The molecule has 0 bridgehead atoms. The molecule has 4 heteroatoms. The van der Waals surface area contributed by atoms with E-state index in [2.05, 4.69) is 19.0 Å². The molecule has 0 saturated heterocycles. The Kier molecular flexibility index (Phi) is 5.16. The quantitative estimate of drug-likeness (QED) is 0.513. The van der Waals surface area contributed by atoms with Gasteiger partial charge >= 0.3 is 0 Å². The van der Waals surface area contributed by atoms with Crippen molar-refractivity contribution in [2.45, 2.75) is 26.4 Å². The van der Waals surface area contributed by atoms with Gasteiger partial charge in [-0.15, -0.1) is 0 Å². The number of oxime groups is 1. The average Bonchev–Trinajstić information content (AvgIpc) is 2.55. The molecule has 2 aromatic rings. The smallest absolute Gasteiger partial charge is 0.187 e. The van der Waals surface area contributed by atoms with Crippen molar-refractivity contribution in [2.24, 2.45) is 5.16 Å². The number of benzene rings is 2. The Labute approximate surface area is 130 Å². The number of hydrogen-bond donors (Lipinski definition) is 1. The molecule has 112 valence electrons. The lowest BCUT2D eigenvalue weighted by Crippen LogP contribution is -2.05. The lowest BCUT2D eigenvalue weighted by Gasteiger charge is -2.11. The third-order valence-electron chi connectivity index (χ3n) is 3.42. The van der Waals surface area contributed by atoms with Gasteiger partial charge in [0.15, 0.2) is 5.71 Å². The van der Waals surface area contributed by atoms with Gasteiger partial charge in [0, 0.05) is 5.56 Å². The second-order valence-corrected chi connectivity index (χ2v) is 5.23. The van der Waals surface area contributed by atoms with Gasteiger partial charge in [-0.2, -0.15) is 5.26 Å². The predicted molar refractivity (Wildman–Crippen MR) is 85.2 cm³/mol. The highest BCUT2D eigenvalue weighted by Gasteiger charge is 2.09. The zero-order chi connectivity index (χ0) is 15.9. The number of ether oxygens (including phenoxy) is 1. The summed E-state index contributed by atoms with van der Waals surface area (Å²) in [5.74, 6) is 1.24. The molecule has 2 rings (SSSR count). The van der Waals surface area contributed by atoms with Crippen LogP contribution in [0.5, 0.6) is 5.75 Å². The Hall–Kier alpha value is -2.80. The minimum Gasteiger partial charge on any atom is -0.489 e. The first-order chi connectivity index (χ1) is 10.7. The zero-order valence-electron chi connectivity index (χ0n) is 12.7. The van der Waals surface area contributed by atoms with E-state index in [-0.39, 0.29) is 5.71 Å². The predicted octanol–water partition coefficient (Wildman–Crippen LogP) is 4.09. The van der Waals surface area contributed by atoms with Gasteiger partial charge in [-0.05, 0) is 29.2 Å².